The third-order valence-electron chi connectivity index (χ3n) is 2.49. The Morgan fingerprint density at radius 1 is 1.33 bits per heavy atom. The first-order valence-corrected chi connectivity index (χ1v) is 6.96. The highest BCUT2D eigenvalue weighted by Gasteiger charge is 2.06. The number of H-pyrrole nitrogens is 1. The summed E-state index contributed by atoms with van der Waals surface area (Å²) in [5, 5.41) is 11.2. The van der Waals surface area contributed by atoms with Gasteiger partial charge in [-0.15, -0.1) is 5.10 Å². The van der Waals surface area contributed by atoms with Crippen LogP contribution >= 0.6 is 11.8 Å². The fourth-order valence-electron chi connectivity index (χ4n) is 1.62. The third kappa shape index (κ3) is 3.58. The normalized spacial score (nSPS) is 10.8. The van der Waals surface area contributed by atoms with Crippen LogP contribution in [0.2, 0.25) is 0 Å². The van der Waals surface area contributed by atoms with Crippen molar-refractivity contribution >= 4 is 11.8 Å². The average molecular weight is 262 g/mol. The Kier molecular flexibility index (Phi) is 4.78. The smallest absolute Gasteiger partial charge is 0.213 e. The molecule has 1 heterocycles. The summed E-state index contributed by atoms with van der Waals surface area (Å²) in [6.45, 7) is 6.01. The molecule has 0 saturated carbocycles. The number of hydrogen-bond donors (Lipinski definition) is 2. The van der Waals surface area contributed by atoms with Crippen molar-refractivity contribution in [3.05, 3.63) is 35.7 Å². The zero-order valence-electron chi connectivity index (χ0n) is 10.7. The fourth-order valence-corrected chi connectivity index (χ4v) is 2.50. The Morgan fingerprint density at radius 2 is 2.17 bits per heavy atom. The highest BCUT2D eigenvalue weighted by Crippen LogP contribution is 2.27. The number of rotatable bonds is 6. The lowest BCUT2D eigenvalue weighted by Crippen LogP contribution is -2.14. The van der Waals surface area contributed by atoms with Gasteiger partial charge in [-0.1, -0.05) is 25.1 Å². The molecule has 0 aliphatic heterocycles. The molecule has 0 fully saturated rings. The second kappa shape index (κ2) is 6.56. The van der Waals surface area contributed by atoms with E-state index in [1.165, 1.54) is 10.5 Å². The number of benzene rings is 1. The van der Waals surface area contributed by atoms with E-state index in [0.29, 0.717) is 0 Å². The molecule has 2 aromatic rings. The second-order valence-corrected chi connectivity index (χ2v) is 5.10. The van der Waals surface area contributed by atoms with Crippen molar-refractivity contribution < 1.29 is 0 Å². The molecule has 2 N–H and O–H groups in total. The van der Waals surface area contributed by atoms with Crippen LogP contribution in [0.3, 0.4) is 0 Å². The van der Waals surface area contributed by atoms with Crippen LogP contribution in [0.5, 0.6) is 0 Å². The first-order chi connectivity index (χ1) is 8.79. The van der Waals surface area contributed by atoms with Crippen molar-refractivity contribution in [3.8, 4) is 0 Å². The van der Waals surface area contributed by atoms with Gasteiger partial charge in [0.2, 0.25) is 5.16 Å². The number of aromatic nitrogens is 3. The summed E-state index contributed by atoms with van der Waals surface area (Å²) >= 11 is 1.60. The van der Waals surface area contributed by atoms with E-state index in [1.807, 2.05) is 13.0 Å². The van der Waals surface area contributed by atoms with E-state index >= 15 is 0 Å². The van der Waals surface area contributed by atoms with Crippen LogP contribution in [0.25, 0.3) is 0 Å². The molecular weight excluding hydrogens is 244 g/mol. The molecule has 0 spiro atoms. The quantitative estimate of drug-likeness (QED) is 0.786. The molecule has 1 aromatic carbocycles. The molecule has 5 heteroatoms. The van der Waals surface area contributed by atoms with Crippen molar-refractivity contribution in [1.82, 2.24) is 20.5 Å². The zero-order chi connectivity index (χ0) is 12.8. The molecule has 0 amide bonds. The van der Waals surface area contributed by atoms with Crippen LogP contribution in [-0.2, 0) is 6.54 Å². The molecule has 2 rings (SSSR count). The maximum Gasteiger partial charge on any atom is 0.213 e. The van der Waals surface area contributed by atoms with Gasteiger partial charge >= 0.3 is 0 Å². The molecule has 0 aliphatic carbocycles. The van der Waals surface area contributed by atoms with Gasteiger partial charge in [0.25, 0.3) is 0 Å². The standard InChI is InChI=1S/C13H18N4S/c1-3-8-14-9-11-6-4-5-7-12(11)18-13-15-10(2)16-17-13/h4-7,14H,3,8-9H2,1-2H3,(H,15,16,17). The topological polar surface area (TPSA) is 53.6 Å². The Balaban J connectivity index is 2.07. The van der Waals surface area contributed by atoms with Crippen molar-refractivity contribution in [1.29, 1.82) is 0 Å². The summed E-state index contributed by atoms with van der Waals surface area (Å²) in [5.74, 6) is 0.846. The molecule has 0 aliphatic rings. The molecule has 0 radical (unpaired) electrons. The lowest BCUT2D eigenvalue weighted by Gasteiger charge is -2.08. The Labute approximate surface area is 112 Å². The number of aryl methyl sites for hydroxylation is 1. The molecule has 0 unspecified atom stereocenters. The van der Waals surface area contributed by atoms with Crippen molar-refractivity contribution in [2.24, 2.45) is 0 Å². The van der Waals surface area contributed by atoms with Gasteiger partial charge < -0.3 is 5.32 Å². The number of hydrogen-bond acceptors (Lipinski definition) is 4. The number of nitrogens with zero attached hydrogens (tertiary/aromatic N) is 2. The van der Waals surface area contributed by atoms with Gasteiger partial charge in [0.1, 0.15) is 5.82 Å². The summed E-state index contributed by atoms with van der Waals surface area (Å²) in [6, 6.07) is 8.37. The van der Waals surface area contributed by atoms with E-state index in [1.54, 1.807) is 11.8 Å². The molecule has 0 atom stereocenters. The summed E-state index contributed by atoms with van der Waals surface area (Å²) < 4.78 is 0. The Morgan fingerprint density at radius 3 is 2.89 bits per heavy atom. The summed E-state index contributed by atoms with van der Waals surface area (Å²) in [5.41, 5.74) is 1.29. The van der Waals surface area contributed by atoms with Gasteiger partial charge in [-0.25, -0.2) is 4.98 Å². The number of aromatic amines is 1. The molecule has 0 saturated heterocycles. The van der Waals surface area contributed by atoms with E-state index in [-0.39, 0.29) is 0 Å². The fraction of sp³-hybridized carbons (Fsp3) is 0.385. The highest BCUT2D eigenvalue weighted by atomic mass is 32.2. The first-order valence-electron chi connectivity index (χ1n) is 6.15. The minimum atomic E-state index is 0.774. The van der Waals surface area contributed by atoms with Gasteiger partial charge in [0.05, 0.1) is 0 Å². The maximum absolute atomic E-state index is 4.32. The molecule has 96 valence electrons. The lowest BCUT2D eigenvalue weighted by atomic mass is 10.2. The monoisotopic (exact) mass is 262 g/mol. The van der Waals surface area contributed by atoms with Crippen molar-refractivity contribution in [2.75, 3.05) is 6.54 Å². The Hall–Kier alpha value is -1.33. The van der Waals surface area contributed by atoms with E-state index in [4.69, 9.17) is 0 Å². The molecule has 4 nitrogen and oxygen atoms in total. The largest absolute Gasteiger partial charge is 0.313 e. The van der Waals surface area contributed by atoms with E-state index < -0.39 is 0 Å². The first kappa shape index (κ1) is 13.1. The SMILES string of the molecule is CCCNCc1ccccc1Sc1n[nH]c(C)n1. The van der Waals surface area contributed by atoms with Gasteiger partial charge in [0, 0.05) is 11.4 Å². The van der Waals surface area contributed by atoms with Crippen molar-refractivity contribution in [2.45, 2.75) is 36.9 Å². The lowest BCUT2D eigenvalue weighted by molar-refractivity contribution is 0.669. The summed E-state index contributed by atoms with van der Waals surface area (Å²) in [6.07, 6.45) is 1.15. The van der Waals surface area contributed by atoms with Crippen LogP contribution in [0, 0.1) is 6.92 Å². The van der Waals surface area contributed by atoms with E-state index in [0.717, 1.165) is 30.5 Å². The number of nitrogens with one attached hydrogen (secondary N) is 2. The average Bonchev–Trinajstić information content (AvgIpc) is 2.77. The van der Waals surface area contributed by atoms with E-state index in [9.17, 15) is 0 Å². The van der Waals surface area contributed by atoms with Gasteiger partial charge in [-0.3, -0.25) is 5.10 Å². The summed E-state index contributed by atoms with van der Waals surface area (Å²) in [7, 11) is 0. The van der Waals surface area contributed by atoms with Gasteiger partial charge in [0.15, 0.2) is 0 Å². The van der Waals surface area contributed by atoms with Crippen molar-refractivity contribution in [3.63, 3.8) is 0 Å². The van der Waals surface area contributed by atoms with Gasteiger partial charge in [-0.05, 0) is 43.3 Å². The Bertz CT molecular complexity index is 495. The maximum atomic E-state index is 4.32. The molecule has 0 bridgehead atoms. The highest BCUT2D eigenvalue weighted by molar-refractivity contribution is 7.99. The molecular formula is C13H18N4S. The second-order valence-electron chi connectivity index (χ2n) is 4.09. The minimum absolute atomic E-state index is 0.774. The van der Waals surface area contributed by atoms with Crippen LogP contribution < -0.4 is 5.32 Å². The predicted octanol–water partition coefficient (Wildman–Crippen LogP) is 2.76. The predicted molar refractivity (Wildman–Crippen MR) is 73.7 cm³/mol. The van der Waals surface area contributed by atoms with Gasteiger partial charge in [-0.2, -0.15) is 0 Å². The molecule has 18 heavy (non-hydrogen) atoms. The van der Waals surface area contributed by atoms with Crippen LogP contribution in [0.15, 0.2) is 34.3 Å². The van der Waals surface area contributed by atoms with Crippen LogP contribution in [0.4, 0.5) is 0 Å². The van der Waals surface area contributed by atoms with E-state index in [2.05, 4.69) is 45.6 Å². The molecule has 1 aromatic heterocycles. The third-order valence-corrected chi connectivity index (χ3v) is 3.48. The van der Waals surface area contributed by atoms with Crippen LogP contribution in [-0.4, -0.2) is 21.7 Å². The zero-order valence-corrected chi connectivity index (χ0v) is 11.5. The van der Waals surface area contributed by atoms with Crippen LogP contribution in [0.1, 0.15) is 24.7 Å². The minimum Gasteiger partial charge on any atom is -0.313 e. The summed E-state index contributed by atoms with van der Waals surface area (Å²) in [4.78, 5) is 5.53.